The summed E-state index contributed by atoms with van der Waals surface area (Å²) >= 11 is 5.45. The Morgan fingerprint density at radius 1 is 1.38 bits per heavy atom. The quantitative estimate of drug-likeness (QED) is 0.831. The number of hydrogen-bond donors (Lipinski definition) is 2. The molecule has 0 aliphatic heterocycles. The molecule has 0 saturated carbocycles. The zero-order chi connectivity index (χ0) is 16.2. The highest BCUT2D eigenvalue weighted by Crippen LogP contribution is 2.23. The number of likely N-dealkylation sites (N-methyl/N-ethyl adjacent to an activating group) is 1. The van der Waals surface area contributed by atoms with E-state index in [1.165, 1.54) is 14.0 Å². The molecule has 1 aromatic rings. The summed E-state index contributed by atoms with van der Waals surface area (Å²) < 4.78 is 27.0. The van der Waals surface area contributed by atoms with E-state index in [1.54, 1.807) is 0 Å². The molecule has 8 heteroatoms. The van der Waals surface area contributed by atoms with Gasteiger partial charge in [-0.2, -0.15) is 0 Å². The topological polar surface area (TPSA) is 69.6 Å². The van der Waals surface area contributed by atoms with Crippen LogP contribution in [-0.4, -0.2) is 41.5 Å². The van der Waals surface area contributed by atoms with Gasteiger partial charge in [-0.1, -0.05) is 11.6 Å². The second kappa shape index (κ2) is 7.33. The second-order valence-electron chi connectivity index (χ2n) is 4.56. The van der Waals surface area contributed by atoms with Crippen molar-refractivity contribution in [1.29, 1.82) is 0 Å². The van der Waals surface area contributed by atoms with Crippen LogP contribution >= 0.6 is 11.6 Å². The van der Waals surface area contributed by atoms with E-state index >= 15 is 0 Å². The van der Waals surface area contributed by atoms with E-state index in [0.717, 1.165) is 17.0 Å². The lowest BCUT2D eigenvalue weighted by Crippen LogP contribution is -2.38. The Bertz CT molecular complexity index is 529. The molecule has 0 aromatic heterocycles. The first-order valence-corrected chi connectivity index (χ1v) is 6.49. The summed E-state index contributed by atoms with van der Waals surface area (Å²) in [4.78, 5) is 24.4. The molecule has 116 valence electrons. The Kier molecular flexibility index (Phi) is 6.04. The van der Waals surface area contributed by atoms with Crippen LogP contribution in [0, 0.1) is 11.6 Å². The number of halogens is 3. The second-order valence-corrected chi connectivity index (χ2v) is 5.00. The van der Waals surface area contributed by atoms with E-state index in [-0.39, 0.29) is 18.0 Å². The van der Waals surface area contributed by atoms with Crippen molar-refractivity contribution >= 4 is 29.1 Å². The first-order valence-electron chi connectivity index (χ1n) is 6.11. The predicted molar refractivity (Wildman–Crippen MR) is 73.9 cm³/mol. The summed E-state index contributed by atoms with van der Waals surface area (Å²) in [5.41, 5.74) is -0.735. The van der Waals surface area contributed by atoms with Crippen LogP contribution in [-0.2, 0) is 9.59 Å². The Hall–Kier alpha value is -1.73. The van der Waals surface area contributed by atoms with Crippen LogP contribution in [0.5, 0.6) is 0 Å². The molecule has 0 aliphatic carbocycles. The molecule has 21 heavy (non-hydrogen) atoms. The zero-order valence-corrected chi connectivity index (χ0v) is 12.2. The molecule has 0 aliphatic rings. The monoisotopic (exact) mass is 320 g/mol. The molecule has 0 saturated heterocycles. The molecule has 1 rings (SSSR count). The minimum Gasteiger partial charge on any atom is -0.393 e. The lowest BCUT2D eigenvalue weighted by atomic mass is 10.2. The molecule has 0 radical (unpaired) electrons. The first kappa shape index (κ1) is 17.3. The number of rotatable bonds is 4. The van der Waals surface area contributed by atoms with Gasteiger partial charge in [0.1, 0.15) is 5.69 Å². The Morgan fingerprint density at radius 3 is 2.38 bits per heavy atom. The lowest BCUT2D eigenvalue weighted by molar-refractivity contribution is -0.142. The van der Waals surface area contributed by atoms with Crippen LogP contribution in [0.15, 0.2) is 12.1 Å². The van der Waals surface area contributed by atoms with Gasteiger partial charge in [-0.25, -0.2) is 8.78 Å². The van der Waals surface area contributed by atoms with Gasteiger partial charge in [0.2, 0.25) is 0 Å². The van der Waals surface area contributed by atoms with Crippen molar-refractivity contribution in [3.05, 3.63) is 28.8 Å². The van der Waals surface area contributed by atoms with E-state index < -0.39 is 35.2 Å². The van der Waals surface area contributed by atoms with Crippen molar-refractivity contribution in [3.63, 3.8) is 0 Å². The number of amides is 2. The fraction of sp³-hybridized carbons (Fsp3) is 0.385. The maximum Gasteiger partial charge on any atom is 0.314 e. The molecular weight excluding hydrogens is 306 g/mol. The van der Waals surface area contributed by atoms with Crippen molar-refractivity contribution < 1.29 is 23.5 Å². The van der Waals surface area contributed by atoms with Crippen LogP contribution in [0.1, 0.15) is 13.3 Å². The number of carbonyl (C=O) groups is 2. The van der Waals surface area contributed by atoms with Gasteiger partial charge in [-0.3, -0.25) is 9.59 Å². The van der Waals surface area contributed by atoms with Crippen molar-refractivity contribution in [1.82, 2.24) is 4.90 Å². The van der Waals surface area contributed by atoms with Gasteiger partial charge in [0, 0.05) is 18.6 Å². The Labute approximate surface area is 125 Å². The van der Waals surface area contributed by atoms with E-state index in [2.05, 4.69) is 0 Å². The van der Waals surface area contributed by atoms with Crippen molar-refractivity contribution in [2.24, 2.45) is 0 Å². The average Bonchev–Trinajstić information content (AvgIpc) is 2.38. The molecule has 1 atom stereocenters. The summed E-state index contributed by atoms with van der Waals surface area (Å²) in [5.74, 6) is -4.30. The summed E-state index contributed by atoms with van der Waals surface area (Å²) in [7, 11) is 1.35. The molecular formula is C13H15ClF2N2O3. The van der Waals surface area contributed by atoms with Crippen LogP contribution in [0.4, 0.5) is 14.5 Å². The molecule has 2 amide bonds. The number of hydrogen-bond acceptors (Lipinski definition) is 3. The Morgan fingerprint density at radius 2 is 1.90 bits per heavy atom. The minimum atomic E-state index is -1.18. The molecule has 1 unspecified atom stereocenters. The number of anilines is 1. The zero-order valence-electron chi connectivity index (χ0n) is 11.5. The number of nitrogens with one attached hydrogen (secondary N) is 1. The fourth-order valence-electron chi connectivity index (χ4n) is 1.48. The van der Waals surface area contributed by atoms with Gasteiger partial charge in [0.15, 0.2) is 11.6 Å². The van der Waals surface area contributed by atoms with Crippen molar-refractivity contribution in [2.75, 3.05) is 18.9 Å². The molecule has 0 fully saturated rings. The molecule has 0 bridgehead atoms. The highest BCUT2D eigenvalue weighted by molar-refractivity contribution is 6.39. The number of benzene rings is 1. The maximum absolute atomic E-state index is 13.5. The van der Waals surface area contributed by atoms with E-state index in [9.17, 15) is 18.4 Å². The summed E-state index contributed by atoms with van der Waals surface area (Å²) in [5, 5.41) is 10.8. The highest BCUT2D eigenvalue weighted by Gasteiger charge is 2.22. The third-order valence-corrected chi connectivity index (χ3v) is 2.89. The van der Waals surface area contributed by atoms with Gasteiger partial charge in [-0.05, 0) is 25.5 Å². The lowest BCUT2D eigenvalue weighted by Gasteiger charge is -2.17. The third-order valence-electron chi connectivity index (χ3n) is 2.67. The standard InChI is InChI=1S/C13H15ClF2N2O3/c1-7(19)3-4-18(2)13(21)12(20)17-11-9(15)5-8(14)6-10(11)16/h5-7,19H,3-4H2,1-2H3,(H,17,20). The summed E-state index contributed by atoms with van der Waals surface area (Å²) in [6.45, 7) is 1.67. The van der Waals surface area contributed by atoms with Gasteiger partial charge in [0.05, 0.1) is 6.10 Å². The molecule has 0 spiro atoms. The number of carbonyl (C=O) groups excluding carboxylic acids is 2. The summed E-state index contributed by atoms with van der Waals surface area (Å²) in [6.07, 6.45) is -0.353. The smallest absolute Gasteiger partial charge is 0.314 e. The van der Waals surface area contributed by atoms with Gasteiger partial charge in [-0.15, -0.1) is 0 Å². The van der Waals surface area contributed by atoms with Crippen molar-refractivity contribution in [2.45, 2.75) is 19.4 Å². The molecule has 0 heterocycles. The van der Waals surface area contributed by atoms with Crippen LogP contribution in [0.3, 0.4) is 0 Å². The van der Waals surface area contributed by atoms with Crippen LogP contribution in [0.2, 0.25) is 5.02 Å². The minimum absolute atomic E-state index is 0.134. The third kappa shape index (κ3) is 4.95. The SMILES string of the molecule is CC(O)CCN(C)C(=O)C(=O)Nc1c(F)cc(Cl)cc1F. The van der Waals surface area contributed by atoms with Crippen molar-refractivity contribution in [3.8, 4) is 0 Å². The van der Waals surface area contributed by atoms with Crippen LogP contribution < -0.4 is 5.32 Å². The van der Waals surface area contributed by atoms with Gasteiger partial charge < -0.3 is 15.3 Å². The van der Waals surface area contributed by atoms with E-state index in [1.807, 2.05) is 5.32 Å². The van der Waals surface area contributed by atoms with Crippen LogP contribution in [0.25, 0.3) is 0 Å². The summed E-state index contributed by atoms with van der Waals surface area (Å²) in [6, 6.07) is 1.64. The van der Waals surface area contributed by atoms with Gasteiger partial charge in [0.25, 0.3) is 0 Å². The van der Waals surface area contributed by atoms with E-state index in [0.29, 0.717) is 0 Å². The fourth-order valence-corrected chi connectivity index (χ4v) is 1.68. The predicted octanol–water partition coefficient (Wildman–Crippen LogP) is 1.79. The van der Waals surface area contributed by atoms with E-state index in [4.69, 9.17) is 16.7 Å². The normalized spacial score (nSPS) is 11.9. The largest absolute Gasteiger partial charge is 0.393 e. The molecule has 1 aromatic carbocycles. The number of aliphatic hydroxyl groups is 1. The van der Waals surface area contributed by atoms with Gasteiger partial charge >= 0.3 is 11.8 Å². The number of nitrogens with zero attached hydrogens (tertiary/aromatic N) is 1. The maximum atomic E-state index is 13.5. The number of aliphatic hydroxyl groups excluding tert-OH is 1. The average molecular weight is 321 g/mol. The first-order chi connectivity index (χ1) is 9.72. The highest BCUT2D eigenvalue weighted by atomic mass is 35.5. The molecule has 5 nitrogen and oxygen atoms in total. The Balaban J connectivity index is 2.75. The molecule has 2 N–H and O–H groups in total.